The van der Waals surface area contributed by atoms with Crippen LogP contribution >= 0.6 is 0 Å². The maximum atomic E-state index is 12.5. The molecule has 1 aliphatic rings. The summed E-state index contributed by atoms with van der Waals surface area (Å²) >= 11 is 0. The number of hydrogen-bond donors (Lipinski definition) is 2. The Kier molecular flexibility index (Phi) is 3.16. The minimum absolute atomic E-state index is 0.122. The van der Waals surface area contributed by atoms with Gasteiger partial charge in [-0.3, -0.25) is 14.7 Å². The molecule has 0 saturated carbocycles. The first-order valence-corrected chi connectivity index (χ1v) is 7.01. The third-order valence-corrected chi connectivity index (χ3v) is 4.46. The Hall–Kier alpha value is -2.37. The smallest absolute Gasteiger partial charge is 0.311 e. The molecule has 1 saturated heterocycles. The van der Waals surface area contributed by atoms with Gasteiger partial charge in [-0.1, -0.05) is 13.0 Å². The summed E-state index contributed by atoms with van der Waals surface area (Å²) in [5.41, 5.74) is 0.567. The summed E-state index contributed by atoms with van der Waals surface area (Å²) in [6.45, 7) is 2.62. The van der Waals surface area contributed by atoms with Gasteiger partial charge in [0.05, 0.1) is 17.1 Å². The van der Waals surface area contributed by atoms with Crippen molar-refractivity contribution < 1.29 is 14.7 Å². The number of amides is 1. The van der Waals surface area contributed by atoms with Crippen LogP contribution in [0.3, 0.4) is 0 Å². The van der Waals surface area contributed by atoms with Crippen LogP contribution in [0.1, 0.15) is 30.1 Å². The number of H-pyrrole nitrogens is 1. The lowest BCUT2D eigenvalue weighted by atomic mass is 9.84. The number of likely N-dealkylation sites (tertiary alicyclic amines) is 1. The van der Waals surface area contributed by atoms with Crippen molar-refractivity contribution in [3.8, 4) is 0 Å². The number of carbonyl (C=O) groups is 2. The van der Waals surface area contributed by atoms with Crippen molar-refractivity contribution in [2.75, 3.05) is 13.1 Å². The Morgan fingerprint density at radius 3 is 2.95 bits per heavy atom. The highest BCUT2D eigenvalue weighted by Gasteiger charge is 2.44. The van der Waals surface area contributed by atoms with E-state index in [0.29, 0.717) is 24.9 Å². The molecule has 3 rings (SSSR count). The van der Waals surface area contributed by atoms with Gasteiger partial charge < -0.3 is 10.0 Å². The zero-order valence-electron chi connectivity index (χ0n) is 11.8. The van der Waals surface area contributed by atoms with Gasteiger partial charge in [0.1, 0.15) is 0 Å². The molecule has 1 aromatic heterocycles. The van der Waals surface area contributed by atoms with Crippen molar-refractivity contribution in [2.24, 2.45) is 5.41 Å². The van der Waals surface area contributed by atoms with Gasteiger partial charge >= 0.3 is 5.97 Å². The molecule has 21 heavy (non-hydrogen) atoms. The van der Waals surface area contributed by atoms with Gasteiger partial charge in [0.2, 0.25) is 0 Å². The van der Waals surface area contributed by atoms with Gasteiger partial charge in [0.15, 0.2) is 0 Å². The van der Waals surface area contributed by atoms with E-state index in [4.69, 9.17) is 0 Å². The van der Waals surface area contributed by atoms with Crippen LogP contribution in [-0.2, 0) is 4.79 Å². The van der Waals surface area contributed by atoms with Crippen LogP contribution in [0.25, 0.3) is 10.9 Å². The number of nitrogens with zero attached hydrogens (tertiary/aromatic N) is 2. The van der Waals surface area contributed by atoms with Gasteiger partial charge in [-0.25, -0.2) is 0 Å². The van der Waals surface area contributed by atoms with Crippen LogP contribution in [0.5, 0.6) is 0 Å². The molecule has 110 valence electrons. The fourth-order valence-electron chi connectivity index (χ4n) is 2.91. The van der Waals surface area contributed by atoms with Crippen molar-refractivity contribution in [3.63, 3.8) is 0 Å². The maximum absolute atomic E-state index is 12.5. The summed E-state index contributed by atoms with van der Waals surface area (Å²) in [5, 5.41) is 17.1. The van der Waals surface area contributed by atoms with Crippen molar-refractivity contribution >= 4 is 22.8 Å². The highest BCUT2D eigenvalue weighted by Crippen LogP contribution is 2.35. The average molecular weight is 287 g/mol. The lowest BCUT2D eigenvalue weighted by Crippen LogP contribution is -2.36. The van der Waals surface area contributed by atoms with Crippen LogP contribution in [0.4, 0.5) is 0 Å². The van der Waals surface area contributed by atoms with E-state index in [1.54, 1.807) is 23.2 Å². The zero-order valence-corrected chi connectivity index (χ0v) is 11.8. The van der Waals surface area contributed by atoms with Gasteiger partial charge in [-0.05, 0) is 25.0 Å². The summed E-state index contributed by atoms with van der Waals surface area (Å²) in [7, 11) is 0. The summed E-state index contributed by atoms with van der Waals surface area (Å²) in [6, 6.07) is 5.36. The molecule has 1 fully saturated rings. The van der Waals surface area contributed by atoms with Gasteiger partial charge in [-0.2, -0.15) is 5.10 Å². The minimum atomic E-state index is -0.815. The van der Waals surface area contributed by atoms with Crippen molar-refractivity contribution in [1.82, 2.24) is 15.1 Å². The van der Waals surface area contributed by atoms with E-state index in [-0.39, 0.29) is 12.5 Å². The third-order valence-electron chi connectivity index (χ3n) is 4.46. The van der Waals surface area contributed by atoms with Crippen molar-refractivity contribution in [3.05, 3.63) is 30.0 Å². The molecule has 0 aliphatic carbocycles. The van der Waals surface area contributed by atoms with Crippen LogP contribution in [-0.4, -0.2) is 45.2 Å². The van der Waals surface area contributed by atoms with E-state index >= 15 is 0 Å². The number of hydrogen-bond acceptors (Lipinski definition) is 3. The molecule has 1 unspecified atom stereocenters. The molecule has 2 aromatic rings. The number of rotatable bonds is 3. The molecule has 6 heteroatoms. The highest BCUT2D eigenvalue weighted by molar-refractivity contribution is 5.98. The molecular weight excluding hydrogens is 270 g/mol. The molecule has 0 radical (unpaired) electrons. The summed E-state index contributed by atoms with van der Waals surface area (Å²) in [4.78, 5) is 25.6. The number of benzene rings is 1. The standard InChI is InChI=1S/C15H17N3O3/c1-2-15(14(20)21)5-6-18(9-15)13(19)10-3-4-11-8-16-17-12(11)7-10/h3-4,7-8H,2,5-6,9H2,1H3,(H,16,17)(H,20,21). The number of aromatic nitrogens is 2. The number of aromatic amines is 1. The summed E-state index contributed by atoms with van der Waals surface area (Å²) in [6.07, 6.45) is 2.74. The number of carboxylic acids is 1. The van der Waals surface area contributed by atoms with Gasteiger partial charge in [0.25, 0.3) is 5.91 Å². The van der Waals surface area contributed by atoms with Crippen molar-refractivity contribution in [2.45, 2.75) is 19.8 Å². The topological polar surface area (TPSA) is 86.3 Å². The molecular formula is C15H17N3O3. The Balaban J connectivity index is 1.84. The zero-order chi connectivity index (χ0) is 15.0. The van der Waals surface area contributed by atoms with Gasteiger partial charge in [0, 0.05) is 24.0 Å². The van der Waals surface area contributed by atoms with Crippen LogP contribution in [0, 0.1) is 5.41 Å². The van der Waals surface area contributed by atoms with E-state index in [1.807, 2.05) is 13.0 Å². The second-order valence-corrected chi connectivity index (χ2v) is 5.59. The second-order valence-electron chi connectivity index (χ2n) is 5.59. The van der Waals surface area contributed by atoms with E-state index in [0.717, 1.165) is 10.9 Å². The molecule has 1 atom stereocenters. The fraction of sp³-hybridized carbons (Fsp3) is 0.400. The minimum Gasteiger partial charge on any atom is -0.481 e. The van der Waals surface area contributed by atoms with Crippen LogP contribution in [0.15, 0.2) is 24.4 Å². The SMILES string of the molecule is CCC1(C(=O)O)CCN(C(=O)c2ccc3cn[nH]c3c2)C1. The van der Waals surface area contributed by atoms with E-state index in [9.17, 15) is 14.7 Å². The molecule has 1 aromatic carbocycles. The highest BCUT2D eigenvalue weighted by atomic mass is 16.4. The molecule has 1 aliphatic heterocycles. The lowest BCUT2D eigenvalue weighted by Gasteiger charge is -2.23. The monoisotopic (exact) mass is 287 g/mol. The maximum Gasteiger partial charge on any atom is 0.311 e. The molecule has 2 N–H and O–H groups in total. The predicted octanol–water partition coefficient (Wildman–Crippen LogP) is 1.89. The molecule has 1 amide bonds. The first kappa shape index (κ1) is 13.6. The summed E-state index contributed by atoms with van der Waals surface area (Å²) in [5.74, 6) is -0.938. The van der Waals surface area contributed by atoms with Crippen LogP contribution < -0.4 is 0 Å². The number of fused-ring (bicyclic) bond motifs is 1. The predicted molar refractivity (Wildman–Crippen MR) is 77.0 cm³/mol. The normalized spacial score (nSPS) is 21.9. The Bertz CT molecular complexity index is 709. The number of aliphatic carboxylic acids is 1. The van der Waals surface area contributed by atoms with E-state index < -0.39 is 11.4 Å². The van der Waals surface area contributed by atoms with Crippen LogP contribution in [0.2, 0.25) is 0 Å². The molecule has 2 heterocycles. The van der Waals surface area contributed by atoms with Gasteiger partial charge in [-0.15, -0.1) is 0 Å². The van der Waals surface area contributed by atoms with E-state index in [1.165, 1.54) is 0 Å². The largest absolute Gasteiger partial charge is 0.481 e. The Morgan fingerprint density at radius 1 is 1.48 bits per heavy atom. The first-order chi connectivity index (χ1) is 10.1. The lowest BCUT2D eigenvalue weighted by molar-refractivity contribution is -0.148. The third kappa shape index (κ3) is 2.16. The van der Waals surface area contributed by atoms with Crippen molar-refractivity contribution in [1.29, 1.82) is 0 Å². The summed E-state index contributed by atoms with van der Waals surface area (Å²) < 4.78 is 0. The number of carbonyl (C=O) groups excluding carboxylic acids is 1. The molecule has 0 bridgehead atoms. The molecule has 0 spiro atoms. The first-order valence-electron chi connectivity index (χ1n) is 7.01. The second kappa shape index (κ2) is 4.87. The van der Waals surface area contributed by atoms with E-state index in [2.05, 4.69) is 10.2 Å². The fourth-order valence-corrected chi connectivity index (χ4v) is 2.91. The number of carboxylic acid groups (broad SMARTS) is 1. The Labute approximate surface area is 121 Å². The average Bonchev–Trinajstić information content (AvgIpc) is 3.13. The quantitative estimate of drug-likeness (QED) is 0.902. The Morgan fingerprint density at radius 2 is 2.29 bits per heavy atom. The number of nitrogens with one attached hydrogen (secondary N) is 1. The molecule has 6 nitrogen and oxygen atoms in total.